The van der Waals surface area contributed by atoms with E-state index in [9.17, 15) is 25.4 Å². The summed E-state index contributed by atoms with van der Waals surface area (Å²) in [5.74, 6) is -2.27. The van der Waals surface area contributed by atoms with Crippen molar-refractivity contribution in [2.24, 2.45) is 0 Å². The molecule has 98 valence electrons. The second-order valence-corrected chi connectivity index (χ2v) is 3.55. The van der Waals surface area contributed by atoms with Crippen LogP contribution in [0.15, 0.2) is 30.3 Å². The molecule has 10 nitrogen and oxygen atoms in total. The monoisotopic (exact) mass is 265 g/mol. The van der Waals surface area contributed by atoms with Gasteiger partial charge in [-0.15, -0.1) is 0 Å². The Morgan fingerprint density at radius 1 is 1.16 bits per heavy atom. The fourth-order valence-corrected chi connectivity index (χ4v) is 1.51. The summed E-state index contributed by atoms with van der Waals surface area (Å²) >= 11 is 0. The fourth-order valence-electron chi connectivity index (χ4n) is 1.51. The Bertz CT molecular complexity index is 638. The van der Waals surface area contributed by atoms with E-state index in [4.69, 9.17) is 0 Å². The second kappa shape index (κ2) is 4.68. The van der Waals surface area contributed by atoms with Gasteiger partial charge in [-0.25, -0.2) is 0 Å². The van der Waals surface area contributed by atoms with Crippen LogP contribution in [0.4, 0.5) is 11.6 Å². The van der Waals surface area contributed by atoms with Crippen molar-refractivity contribution in [2.45, 2.75) is 6.54 Å². The maximum absolute atomic E-state index is 11.6. The largest absolute Gasteiger partial charge is 0.655 e. The molecule has 0 aliphatic carbocycles. The lowest BCUT2D eigenvalue weighted by Gasteiger charge is -1.99. The zero-order chi connectivity index (χ0) is 14.0. The first-order valence-electron chi connectivity index (χ1n) is 5.04. The first-order valence-corrected chi connectivity index (χ1v) is 5.04. The van der Waals surface area contributed by atoms with Crippen molar-refractivity contribution in [3.8, 4) is 0 Å². The smallest absolute Gasteiger partial charge is 0.544 e. The van der Waals surface area contributed by atoms with Gasteiger partial charge in [-0.1, -0.05) is 30.3 Å². The molecule has 0 N–H and O–H groups in total. The van der Waals surface area contributed by atoms with Gasteiger partial charge in [0.15, 0.2) is 5.10 Å². The minimum absolute atomic E-state index is 0.0982. The van der Waals surface area contributed by atoms with Crippen molar-refractivity contribution in [3.63, 3.8) is 0 Å². The van der Waals surface area contributed by atoms with Crippen molar-refractivity contribution in [1.29, 1.82) is 0 Å². The van der Waals surface area contributed by atoms with E-state index >= 15 is 0 Å². The molecule has 0 aliphatic heterocycles. The molecule has 2 rings (SSSR count). The molecule has 10 heteroatoms. The molecule has 0 saturated heterocycles. The number of hydrogen-bond acceptors (Lipinski definition) is 6. The third-order valence-electron chi connectivity index (χ3n) is 2.31. The second-order valence-electron chi connectivity index (χ2n) is 3.55. The minimum atomic E-state index is -1.19. The molecule has 1 heterocycles. The van der Waals surface area contributed by atoms with Crippen molar-refractivity contribution in [3.05, 3.63) is 61.3 Å². The molecule has 0 saturated carbocycles. The van der Waals surface area contributed by atoms with Gasteiger partial charge >= 0.3 is 11.6 Å². The summed E-state index contributed by atoms with van der Waals surface area (Å²) in [6.45, 7) is -0.0982. The molecule has 0 fully saturated rings. The number of rotatable bonds is 4. The quantitative estimate of drug-likeness (QED) is 0.340. The van der Waals surface area contributed by atoms with E-state index in [2.05, 4.69) is 5.10 Å². The van der Waals surface area contributed by atoms with E-state index in [1.54, 1.807) is 30.3 Å². The van der Waals surface area contributed by atoms with Crippen molar-refractivity contribution in [1.82, 2.24) is 9.90 Å². The topological polar surface area (TPSA) is 131 Å². The Labute approximate surface area is 105 Å². The van der Waals surface area contributed by atoms with Crippen LogP contribution >= 0.6 is 0 Å². The van der Waals surface area contributed by atoms with Gasteiger partial charge in [-0.05, 0) is 15.3 Å². The average Bonchev–Trinajstić information content (AvgIpc) is 2.68. The molecule has 1 aromatic heterocycles. The predicted octanol–water partition coefficient (Wildman–Crippen LogP) is 0.381. The van der Waals surface area contributed by atoms with Gasteiger partial charge in [-0.3, -0.25) is 0 Å². The van der Waals surface area contributed by atoms with Crippen molar-refractivity contribution < 1.29 is 14.7 Å². The van der Waals surface area contributed by atoms with Crippen LogP contribution in [0.3, 0.4) is 0 Å². The Morgan fingerprint density at radius 3 is 2.26 bits per heavy atom. The Kier molecular flexibility index (Phi) is 3.06. The number of hydrogen-bond donors (Lipinski definition) is 0. The summed E-state index contributed by atoms with van der Waals surface area (Å²) in [5.41, 5.74) is 0.638. The summed E-state index contributed by atoms with van der Waals surface area (Å²) in [6, 6.07) is 8.50. The van der Waals surface area contributed by atoms with E-state index in [0.29, 0.717) is 10.4 Å². The lowest BCUT2D eigenvalue weighted by molar-refractivity contribution is -0.736. The van der Waals surface area contributed by atoms with Crippen LogP contribution in [0.1, 0.15) is 5.56 Å². The van der Waals surface area contributed by atoms with Crippen LogP contribution in [0.2, 0.25) is 0 Å². The molecule has 2 aromatic rings. The summed E-state index contributed by atoms with van der Waals surface area (Å²) in [6.07, 6.45) is 0. The van der Waals surface area contributed by atoms with Gasteiger partial charge in [0.2, 0.25) is 0 Å². The van der Waals surface area contributed by atoms with E-state index in [1.807, 2.05) is 0 Å². The zero-order valence-electron chi connectivity index (χ0n) is 9.37. The third-order valence-corrected chi connectivity index (χ3v) is 2.31. The first-order chi connectivity index (χ1) is 9.00. The number of aromatic nitrogens is 3. The summed E-state index contributed by atoms with van der Waals surface area (Å²) in [4.78, 5) is 19.5. The third kappa shape index (κ3) is 2.31. The molecule has 0 unspecified atom stereocenters. The highest BCUT2D eigenvalue weighted by Gasteiger charge is 2.39. The van der Waals surface area contributed by atoms with Crippen molar-refractivity contribution >= 4 is 11.6 Å². The predicted molar refractivity (Wildman–Crippen MR) is 60.0 cm³/mol. The maximum Gasteiger partial charge on any atom is 0.544 e. The Morgan fingerprint density at radius 2 is 1.79 bits per heavy atom. The number of nitro groups is 2. The lowest BCUT2D eigenvalue weighted by atomic mass is 10.2. The molecule has 0 amide bonds. The molecule has 1 aromatic carbocycles. The van der Waals surface area contributed by atoms with Crippen LogP contribution in [0, 0.1) is 25.4 Å². The molecule has 0 bridgehead atoms. The SMILES string of the molecule is O=[N+]([O-])c1nn(Cc2ccccc2)[n+]([O-])c1[N+](=O)[O-]. The van der Waals surface area contributed by atoms with E-state index < -0.39 is 21.5 Å². The van der Waals surface area contributed by atoms with Crippen molar-refractivity contribution in [2.75, 3.05) is 0 Å². The van der Waals surface area contributed by atoms with Gasteiger partial charge < -0.3 is 25.4 Å². The molecule has 0 radical (unpaired) electrons. The number of benzene rings is 1. The van der Waals surface area contributed by atoms with Gasteiger partial charge in [0.1, 0.15) is 6.54 Å². The van der Waals surface area contributed by atoms with Gasteiger partial charge in [-0.2, -0.15) is 0 Å². The fraction of sp³-hybridized carbons (Fsp3) is 0.111. The average molecular weight is 265 g/mol. The molecular weight excluding hydrogens is 258 g/mol. The van der Waals surface area contributed by atoms with E-state index in [1.165, 1.54) is 0 Å². The standard InChI is InChI=1S/C9H7N5O5/c15-12-9(14(18)19)8(13(16)17)10-11(12)6-7-4-2-1-3-5-7/h1-5H,6H2. The van der Waals surface area contributed by atoms with Crippen LogP contribution < -0.4 is 4.85 Å². The van der Waals surface area contributed by atoms with Gasteiger partial charge in [0, 0.05) is 9.72 Å². The van der Waals surface area contributed by atoms with E-state index in [0.717, 1.165) is 0 Å². The summed E-state index contributed by atoms with van der Waals surface area (Å²) < 4.78 is 0. The summed E-state index contributed by atoms with van der Waals surface area (Å²) in [5, 5.41) is 36.2. The first kappa shape index (κ1) is 12.4. The van der Waals surface area contributed by atoms with E-state index in [-0.39, 0.29) is 11.4 Å². The molecular formula is C9H7N5O5. The van der Waals surface area contributed by atoms with Crippen LogP contribution in [-0.4, -0.2) is 19.7 Å². The zero-order valence-corrected chi connectivity index (χ0v) is 9.37. The minimum Gasteiger partial charge on any atom is -0.655 e. The Hall–Kier alpha value is -3.04. The van der Waals surface area contributed by atoms with Crippen LogP contribution in [0.5, 0.6) is 0 Å². The van der Waals surface area contributed by atoms with Crippen LogP contribution in [-0.2, 0) is 6.54 Å². The highest BCUT2D eigenvalue weighted by atomic mass is 16.7. The lowest BCUT2D eigenvalue weighted by Crippen LogP contribution is -2.40. The molecule has 0 aliphatic rings. The highest BCUT2D eigenvalue weighted by molar-refractivity contribution is 5.33. The highest BCUT2D eigenvalue weighted by Crippen LogP contribution is 2.19. The van der Waals surface area contributed by atoms with Gasteiger partial charge in [0.25, 0.3) is 0 Å². The molecule has 0 atom stereocenters. The van der Waals surface area contributed by atoms with Crippen LogP contribution in [0.25, 0.3) is 0 Å². The van der Waals surface area contributed by atoms with Gasteiger partial charge in [0.05, 0.1) is 0 Å². The molecule has 19 heavy (non-hydrogen) atoms. The Balaban J connectivity index is 2.45. The number of nitrogens with zero attached hydrogens (tertiary/aromatic N) is 5. The maximum atomic E-state index is 11.6. The molecule has 0 spiro atoms. The normalized spacial score (nSPS) is 10.3. The summed E-state index contributed by atoms with van der Waals surface area (Å²) in [7, 11) is 0.